The first-order chi connectivity index (χ1) is 8.09. The lowest BCUT2D eigenvalue weighted by Crippen LogP contribution is -2.57. The van der Waals surface area contributed by atoms with Gasteiger partial charge in [0, 0.05) is 30.7 Å². The van der Waals surface area contributed by atoms with E-state index in [0.29, 0.717) is 5.56 Å². The van der Waals surface area contributed by atoms with E-state index in [0.717, 1.165) is 13.1 Å². The third-order valence-corrected chi connectivity index (χ3v) is 3.15. The van der Waals surface area contributed by atoms with Crippen molar-refractivity contribution in [3.05, 3.63) is 35.6 Å². The topological polar surface area (TPSA) is 32.3 Å². The lowest BCUT2D eigenvalue weighted by atomic mass is 10.1. The molecule has 0 radical (unpaired) electrons. The predicted molar refractivity (Wildman–Crippen MR) is 64.4 cm³/mol. The third-order valence-electron chi connectivity index (χ3n) is 3.15. The van der Waals surface area contributed by atoms with E-state index in [1.54, 1.807) is 12.1 Å². The van der Waals surface area contributed by atoms with Gasteiger partial charge in [0.2, 0.25) is 0 Å². The van der Waals surface area contributed by atoms with E-state index in [1.165, 1.54) is 12.1 Å². The fraction of sp³-hybridized carbons (Fsp3) is 0.462. The van der Waals surface area contributed by atoms with E-state index in [1.807, 2.05) is 18.7 Å². The largest absolute Gasteiger partial charge is 0.331 e. The van der Waals surface area contributed by atoms with Crippen molar-refractivity contribution in [2.45, 2.75) is 25.9 Å². The minimum Gasteiger partial charge on any atom is -0.331 e. The smallest absolute Gasteiger partial charge is 0.254 e. The fourth-order valence-corrected chi connectivity index (χ4v) is 2.27. The van der Waals surface area contributed by atoms with Gasteiger partial charge in [-0.3, -0.25) is 4.79 Å². The highest BCUT2D eigenvalue weighted by Crippen LogP contribution is 2.15. The molecule has 1 aliphatic heterocycles. The van der Waals surface area contributed by atoms with Gasteiger partial charge in [-0.15, -0.1) is 0 Å². The van der Waals surface area contributed by atoms with Crippen LogP contribution in [0.25, 0.3) is 0 Å². The summed E-state index contributed by atoms with van der Waals surface area (Å²) in [6.45, 7) is 5.64. The number of carbonyl (C=O) groups excluding carboxylic acids is 1. The second-order valence-corrected chi connectivity index (χ2v) is 4.58. The molecule has 1 fully saturated rings. The minimum absolute atomic E-state index is 0.0218. The average Bonchev–Trinajstić information content (AvgIpc) is 2.29. The van der Waals surface area contributed by atoms with Gasteiger partial charge in [-0.25, -0.2) is 4.39 Å². The highest BCUT2D eigenvalue weighted by atomic mass is 19.1. The molecule has 0 spiro atoms. The number of hydrogen-bond acceptors (Lipinski definition) is 2. The summed E-state index contributed by atoms with van der Waals surface area (Å²) in [5, 5.41) is 3.28. The maximum absolute atomic E-state index is 12.8. The third kappa shape index (κ3) is 2.47. The van der Waals surface area contributed by atoms with Gasteiger partial charge in [0.15, 0.2) is 0 Å². The summed E-state index contributed by atoms with van der Waals surface area (Å²) in [5.74, 6) is -0.338. The number of amides is 1. The van der Waals surface area contributed by atoms with Crippen molar-refractivity contribution in [2.24, 2.45) is 0 Å². The second kappa shape index (κ2) is 4.84. The quantitative estimate of drug-likeness (QED) is 0.804. The van der Waals surface area contributed by atoms with Crippen LogP contribution in [-0.2, 0) is 0 Å². The molecule has 1 N–H and O–H groups in total. The number of piperazine rings is 1. The first kappa shape index (κ1) is 12.0. The van der Waals surface area contributed by atoms with Gasteiger partial charge in [0.25, 0.3) is 5.91 Å². The van der Waals surface area contributed by atoms with Gasteiger partial charge in [0.1, 0.15) is 5.82 Å². The number of carbonyl (C=O) groups is 1. The monoisotopic (exact) mass is 236 g/mol. The van der Waals surface area contributed by atoms with Crippen LogP contribution in [-0.4, -0.2) is 36.0 Å². The number of benzene rings is 1. The van der Waals surface area contributed by atoms with Crippen LogP contribution in [0.2, 0.25) is 0 Å². The summed E-state index contributed by atoms with van der Waals surface area (Å²) in [5.41, 5.74) is 0.548. The summed E-state index contributed by atoms with van der Waals surface area (Å²) < 4.78 is 12.8. The molecule has 1 aromatic carbocycles. The molecule has 17 heavy (non-hydrogen) atoms. The van der Waals surface area contributed by atoms with Crippen molar-refractivity contribution in [3.8, 4) is 0 Å². The van der Waals surface area contributed by atoms with Gasteiger partial charge < -0.3 is 10.2 Å². The Morgan fingerprint density at radius 2 is 1.76 bits per heavy atom. The maximum Gasteiger partial charge on any atom is 0.254 e. The Bertz CT molecular complexity index is 394. The Morgan fingerprint density at radius 1 is 1.24 bits per heavy atom. The molecule has 2 rings (SSSR count). The Morgan fingerprint density at radius 3 is 2.29 bits per heavy atom. The number of hydrogen-bond donors (Lipinski definition) is 1. The van der Waals surface area contributed by atoms with Crippen molar-refractivity contribution in [1.82, 2.24) is 10.2 Å². The molecule has 3 nitrogen and oxygen atoms in total. The molecule has 0 aliphatic carbocycles. The maximum atomic E-state index is 12.8. The lowest BCUT2D eigenvalue weighted by Gasteiger charge is -2.39. The molecule has 0 aromatic heterocycles. The first-order valence-electron chi connectivity index (χ1n) is 5.88. The normalized spacial score (nSPS) is 24.8. The molecule has 1 amide bonds. The van der Waals surface area contributed by atoms with Crippen molar-refractivity contribution < 1.29 is 9.18 Å². The van der Waals surface area contributed by atoms with Gasteiger partial charge in [-0.2, -0.15) is 0 Å². The number of halogens is 1. The molecule has 1 aromatic rings. The van der Waals surface area contributed by atoms with Crippen LogP contribution in [0.15, 0.2) is 24.3 Å². The Balaban J connectivity index is 2.20. The van der Waals surface area contributed by atoms with Crippen LogP contribution in [0.5, 0.6) is 0 Å². The zero-order valence-corrected chi connectivity index (χ0v) is 10.1. The van der Waals surface area contributed by atoms with E-state index in [4.69, 9.17) is 0 Å². The first-order valence-corrected chi connectivity index (χ1v) is 5.88. The van der Waals surface area contributed by atoms with E-state index < -0.39 is 0 Å². The summed E-state index contributed by atoms with van der Waals surface area (Å²) in [6.07, 6.45) is 0. The minimum atomic E-state index is -0.317. The van der Waals surface area contributed by atoms with Gasteiger partial charge >= 0.3 is 0 Å². The predicted octanol–water partition coefficient (Wildman–Crippen LogP) is 1.65. The van der Waals surface area contributed by atoms with Crippen LogP contribution in [0.4, 0.5) is 4.39 Å². The standard InChI is InChI=1S/C13H17FN2O/c1-9-7-15-8-10(2)16(9)13(17)11-3-5-12(14)6-4-11/h3-6,9-10,15H,7-8H2,1-2H3. The summed E-state index contributed by atoms with van der Waals surface area (Å²) in [7, 11) is 0. The van der Waals surface area contributed by atoms with Gasteiger partial charge in [-0.1, -0.05) is 0 Å². The highest BCUT2D eigenvalue weighted by Gasteiger charge is 2.29. The molecular weight excluding hydrogens is 219 g/mol. The van der Waals surface area contributed by atoms with E-state index >= 15 is 0 Å². The van der Waals surface area contributed by atoms with Gasteiger partial charge in [0.05, 0.1) is 0 Å². The van der Waals surface area contributed by atoms with Crippen molar-refractivity contribution >= 4 is 5.91 Å². The summed E-state index contributed by atoms with van der Waals surface area (Å²) in [6, 6.07) is 6.06. The van der Waals surface area contributed by atoms with Crippen molar-refractivity contribution in [2.75, 3.05) is 13.1 Å². The molecule has 4 heteroatoms. The molecule has 0 bridgehead atoms. The zero-order valence-electron chi connectivity index (χ0n) is 10.1. The van der Waals surface area contributed by atoms with E-state index in [-0.39, 0.29) is 23.8 Å². The molecule has 1 aliphatic rings. The van der Waals surface area contributed by atoms with E-state index in [9.17, 15) is 9.18 Å². The Hall–Kier alpha value is -1.42. The molecular formula is C13H17FN2O. The Kier molecular flexibility index (Phi) is 3.43. The molecule has 1 saturated heterocycles. The molecule has 92 valence electrons. The average molecular weight is 236 g/mol. The number of nitrogens with one attached hydrogen (secondary N) is 1. The number of rotatable bonds is 1. The van der Waals surface area contributed by atoms with E-state index in [2.05, 4.69) is 5.32 Å². The SMILES string of the molecule is CC1CNCC(C)N1C(=O)c1ccc(F)cc1. The lowest BCUT2D eigenvalue weighted by molar-refractivity contribution is 0.0544. The molecule has 0 saturated carbocycles. The zero-order chi connectivity index (χ0) is 12.4. The fourth-order valence-electron chi connectivity index (χ4n) is 2.27. The molecule has 2 unspecified atom stereocenters. The van der Waals surface area contributed by atoms with Crippen LogP contribution < -0.4 is 5.32 Å². The van der Waals surface area contributed by atoms with Crippen molar-refractivity contribution in [1.29, 1.82) is 0 Å². The Labute approximate surface area is 101 Å². The van der Waals surface area contributed by atoms with Gasteiger partial charge in [-0.05, 0) is 38.1 Å². The summed E-state index contributed by atoms with van der Waals surface area (Å²) in [4.78, 5) is 14.2. The van der Waals surface area contributed by atoms with Crippen LogP contribution in [0, 0.1) is 5.82 Å². The van der Waals surface area contributed by atoms with Crippen LogP contribution in [0.1, 0.15) is 24.2 Å². The number of nitrogens with zero attached hydrogens (tertiary/aromatic N) is 1. The summed E-state index contributed by atoms with van der Waals surface area (Å²) >= 11 is 0. The molecule has 2 atom stereocenters. The second-order valence-electron chi connectivity index (χ2n) is 4.58. The van der Waals surface area contributed by atoms with Crippen molar-refractivity contribution in [3.63, 3.8) is 0 Å². The highest BCUT2D eigenvalue weighted by molar-refractivity contribution is 5.94. The molecule has 1 heterocycles. The van der Waals surface area contributed by atoms with Crippen LogP contribution >= 0.6 is 0 Å². The van der Waals surface area contributed by atoms with Crippen LogP contribution in [0.3, 0.4) is 0 Å².